The number of halogens is 4. The number of hydrogen-bond acceptors (Lipinski definition) is 3. The van der Waals surface area contributed by atoms with Gasteiger partial charge < -0.3 is 14.6 Å². The maximum absolute atomic E-state index is 15.1. The van der Waals surface area contributed by atoms with Gasteiger partial charge in [-0.2, -0.15) is 4.39 Å². The summed E-state index contributed by atoms with van der Waals surface area (Å²) in [5.41, 5.74) is 0.951. The summed E-state index contributed by atoms with van der Waals surface area (Å²) in [5.74, 6) is -3.48. The van der Waals surface area contributed by atoms with Crippen molar-refractivity contribution in [3.05, 3.63) is 76.9 Å². The van der Waals surface area contributed by atoms with Crippen molar-refractivity contribution in [3.8, 4) is 5.75 Å². The Morgan fingerprint density at radius 1 is 0.854 bits per heavy atom. The van der Waals surface area contributed by atoms with Gasteiger partial charge in [0.1, 0.15) is 0 Å². The summed E-state index contributed by atoms with van der Waals surface area (Å²) in [6, 6.07) is 6.40. The van der Waals surface area contributed by atoms with E-state index in [1.54, 1.807) is 24.3 Å². The number of aliphatic hydroxyl groups excluding tert-OH is 1. The summed E-state index contributed by atoms with van der Waals surface area (Å²) in [4.78, 5) is 0. The number of benzene rings is 2. The predicted octanol–water partition coefficient (Wildman–Crippen LogP) is 9.27. The second-order valence-corrected chi connectivity index (χ2v) is 11.8. The van der Waals surface area contributed by atoms with Gasteiger partial charge in [-0.3, -0.25) is 0 Å². The summed E-state index contributed by atoms with van der Waals surface area (Å²) in [7, 11) is 0. The van der Waals surface area contributed by atoms with Crippen LogP contribution in [-0.4, -0.2) is 23.9 Å². The number of hydrogen-bond donors (Lipinski definition) is 1. The molecule has 2 aromatic rings. The summed E-state index contributed by atoms with van der Waals surface area (Å²) in [6.07, 6.45) is 10.1. The molecule has 2 aliphatic carbocycles. The minimum Gasteiger partial charge on any atom is -0.490 e. The van der Waals surface area contributed by atoms with Crippen LogP contribution < -0.4 is 4.74 Å². The van der Waals surface area contributed by atoms with E-state index in [1.807, 2.05) is 0 Å². The van der Waals surface area contributed by atoms with Gasteiger partial charge >= 0.3 is 0 Å². The number of allylic oxidation sites excluding steroid dienone is 1. The van der Waals surface area contributed by atoms with Crippen molar-refractivity contribution in [1.29, 1.82) is 0 Å². The fourth-order valence-electron chi connectivity index (χ4n) is 6.51. The maximum Gasteiger partial charge on any atom is 0.200 e. The molecule has 2 saturated carbocycles. The molecular formula is C34H44F4O3. The molecule has 0 radical (unpaired) electrons. The second-order valence-electron chi connectivity index (χ2n) is 11.8. The Morgan fingerprint density at radius 2 is 1.46 bits per heavy atom. The second kappa shape index (κ2) is 15.2. The molecule has 0 saturated heterocycles. The third-order valence-electron chi connectivity index (χ3n) is 9.01. The van der Waals surface area contributed by atoms with Gasteiger partial charge in [0.25, 0.3) is 0 Å². The first kappa shape index (κ1) is 31.6. The Balaban J connectivity index is 1.27. The fourth-order valence-corrected chi connectivity index (χ4v) is 6.51. The van der Waals surface area contributed by atoms with Crippen molar-refractivity contribution in [1.82, 2.24) is 0 Å². The highest BCUT2D eigenvalue weighted by Gasteiger charge is 2.30. The first-order chi connectivity index (χ1) is 19.8. The molecule has 1 atom stereocenters. The van der Waals surface area contributed by atoms with E-state index in [4.69, 9.17) is 9.47 Å². The summed E-state index contributed by atoms with van der Waals surface area (Å²) in [5, 5.41) is 10.3. The van der Waals surface area contributed by atoms with Gasteiger partial charge in [0.2, 0.25) is 5.82 Å². The van der Waals surface area contributed by atoms with E-state index in [0.717, 1.165) is 44.9 Å². The fraction of sp³-hybridized carbons (Fsp3) is 0.588. The van der Waals surface area contributed by atoms with E-state index in [0.29, 0.717) is 49.8 Å². The largest absolute Gasteiger partial charge is 0.490 e. The molecule has 2 aromatic carbocycles. The molecule has 2 aliphatic rings. The van der Waals surface area contributed by atoms with Crippen molar-refractivity contribution in [2.75, 3.05) is 6.61 Å². The van der Waals surface area contributed by atoms with Crippen LogP contribution in [0.5, 0.6) is 5.75 Å². The van der Waals surface area contributed by atoms with Crippen LogP contribution in [0.1, 0.15) is 112 Å². The number of aliphatic hydroxyl groups is 1. The lowest BCUT2D eigenvalue weighted by Crippen LogP contribution is -2.25. The van der Waals surface area contributed by atoms with E-state index in [9.17, 15) is 13.9 Å². The van der Waals surface area contributed by atoms with Gasteiger partial charge in [-0.15, -0.1) is 6.58 Å². The monoisotopic (exact) mass is 576 g/mol. The molecule has 3 nitrogen and oxygen atoms in total. The van der Waals surface area contributed by atoms with Crippen molar-refractivity contribution >= 4 is 0 Å². The molecule has 41 heavy (non-hydrogen) atoms. The van der Waals surface area contributed by atoms with Crippen LogP contribution in [0, 0.1) is 29.2 Å². The van der Waals surface area contributed by atoms with Crippen LogP contribution in [0.15, 0.2) is 36.9 Å². The molecule has 2 fully saturated rings. The van der Waals surface area contributed by atoms with Crippen LogP contribution in [0.4, 0.5) is 17.6 Å². The summed E-state index contributed by atoms with van der Waals surface area (Å²) >= 11 is 0. The Bertz CT molecular complexity index is 1140. The highest BCUT2D eigenvalue weighted by atomic mass is 19.2. The van der Waals surface area contributed by atoms with Gasteiger partial charge in [-0.1, -0.05) is 37.6 Å². The van der Waals surface area contributed by atoms with E-state index in [1.165, 1.54) is 6.07 Å². The zero-order valence-corrected chi connectivity index (χ0v) is 24.2. The molecule has 0 spiro atoms. The molecule has 0 amide bonds. The van der Waals surface area contributed by atoms with Crippen molar-refractivity contribution in [3.63, 3.8) is 0 Å². The van der Waals surface area contributed by atoms with Crippen LogP contribution in [0.25, 0.3) is 0 Å². The van der Waals surface area contributed by atoms with Gasteiger partial charge in [0, 0.05) is 5.56 Å². The molecule has 0 aromatic heterocycles. The van der Waals surface area contributed by atoms with Gasteiger partial charge in [0.15, 0.2) is 23.2 Å². The maximum atomic E-state index is 15.1. The first-order valence-corrected chi connectivity index (χ1v) is 15.3. The predicted molar refractivity (Wildman–Crippen MR) is 153 cm³/mol. The minimum absolute atomic E-state index is 0.0325. The molecule has 0 aliphatic heterocycles. The molecule has 226 valence electrons. The Morgan fingerprint density at radius 3 is 2.10 bits per heavy atom. The average Bonchev–Trinajstić information content (AvgIpc) is 2.99. The summed E-state index contributed by atoms with van der Waals surface area (Å²) < 4.78 is 70.8. The van der Waals surface area contributed by atoms with Gasteiger partial charge in [-0.05, 0) is 106 Å². The summed E-state index contributed by atoms with van der Waals surface area (Å²) in [6.45, 7) is 5.95. The molecule has 1 N–H and O–H groups in total. The van der Waals surface area contributed by atoms with Crippen molar-refractivity contribution < 1.29 is 32.1 Å². The molecule has 4 rings (SSSR count). The quantitative estimate of drug-likeness (QED) is 0.147. The number of unbranched alkanes of at least 4 members (excludes halogenated alkanes) is 1. The first-order valence-electron chi connectivity index (χ1n) is 15.3. The minimum atomic E-state index is -0.956. The standard InChI is InChI=1S/C34H44F4O3/c1-3-5-6-20-40-30-19-18-28(33(37)34(30)38)23-12-15-26(16-13-23)41-21-25-14-17-27(32(36)31(25)35)22-8-10-24(11-9-22)29(39)7-4-2/h3,14,17-19,22-24,26,29,39H,1,4-13,15-16,20-21H2,2H3. The lowest BCUT2D eigenvalue weighted by Gasteiger charge is -2.32. The normalized spacial score (nSPS) is 23.8. The van der Waals surface area contributed by atoms with Gasteiger partial charge in [-0.25, -0.2) is 13.2 Å². The molecular weight excluding hydrogens is 532 g/mol. The number of ether oxygens (including phenoxy) is 2. The van der Waals surface area contributed by atoms with Crippen LogP contribution in [0.2, 0.25) is 0 Å². The molecule has 0 bridgehead atoms. The smallest absolute Gasteiger partial charge is 0.200 e. The highest BCUT2D eigenvalue weighted by Crippen LogP contribution is 2.40. The van der Waals surface area contributed by atoms with Crippen molar-refractivity contribution in [2.45, 2.75) is 115 Å². The Labute approximate surface area is 241 Å². The van der Waals surface area contributed by atoms with Crippen LogP contribution in [0.3, 0.4) is 0 Å². The van der Waals surface area contributed by atoms with E-state index < -0.39 is 23.3 Å². The zero-order valence-electron chi connectivity index (χ0n) is 24.2. The molecule has 0 heterocycles. The zero-order chi connectivity index (χ0) is 29.4. The van der Waals surface area contributed by atoms with Crippen molar-refractivity contribution in [2.24, 2.45) is 5.92 Å². The third kappa shape index (κ3) is 7.92. The average molecular weight is 577 g/mol. The van der Waals surface area contributed by atoms with E-state index in [-0.39, 0.29) is 47.9 Å². The van der Waals surface area contributed by atoms with Crippen LogP contribution in [-0.2, 0) is 11.3 Å². The third-order valence-corrected chi connectivity index (χ3v) is 9.01. The molecule has 1 unspecified atom stereocenters. The SMILES string of the molecule is C=CCCCOc1ccc(C2CCC(OCc3ccc(C4CCC(C(O)CCC)CC4)c(F)c3F)CC2)c(F)c1F. The topological polar surface area (TPSA) is 38.7 Å². The lowest BCUT2D eigenvalue weighted by molar-refractivity contribution is 0.0116. The Kier molecular flexibility index (Phi) is 11.7. The highest BCUT2D eigenvalue weighted by molar-refractivity contribution is 5.33. The van der Waals surface area contributed by atoms with E-state index in [2.05, 4.69) is 13.5 Å². The Hall–Kier alpha value is -2.38. The lowest BCUT2D eigenvalue weighted by atomic mass is 9.76. The van der Waals surface area contributed by atoms with E-state index >= 15 is 8.78 Å². The number of rotatable bonds is 13. The molecule has 7 heteroatoms. The van der Waals surface area contributed by atoms with Crippen LogP contribution >= 0.6 is 0 Å². The van der Waals surface area contributed by atoms with Gasteiger partial charge in [0.05, 0.1) is 25.4 Å².